The van der Waals surface area contributed by atoms with E-state index in [4.69, 9.17) is 10.1 Å². The molecule has 17 heavy (non-hydrogen) atoms. The van der Waals surface area contributed by atoms with Gasteiger partial charge in [0, 0.05) is 16.6 Å². The zero-order chi connectivity index (χ0) is 12.4. The smallest absolute Gasteiger partial charge is 0.185 e. The summed E-state index contributed by atoms with van der Waals surface area (Å²) in [6, 6.07) is 8.17. The van der Waals surface area contributed by atoms with E-state index in [1.807, 2.05) is 32.9 Å². The third-order valence-electron chi connectivity index (χ3n) is 2.74. The summed E-state index contributed by atoms with van der Waals surface area (Å²) >= 11 is 0. The lowest BCUT2D eigenvalue weighted by Crippen LogP contribution is -2.13. The van der Waals surface area contributed by atoms with Crippen molar-refractivity contribution in [1.82, 2.24) is 4.98 Å². The fourth-order valence-corrected chi connectivity index (χ4v) is 2.05. The van der Waals surface area contributed by atoms with Gasteiger partial charge in [0.25, 0.3) is 0 Å². The van der Waals surface area contributed by atoms with Crippen molar-refractivity contribution in [3.05, 3.63) is 35.5 Å². The number of aromatic amines is 1. The molecule has 0 aliphatic carbocycles. The SMILES string of the molecule is Cc1[nH]c2ccccc2c1CC(=N)OC(C)C. The molecule has 2 aromatic rings. The lowest BCUT2D eigenvalue weighted by Gasteiger charge is -2.10. The Bertz CT molecular complexity index is 540. The summed E-state index contributed by atoms with van der Waals surface area (Å²) in [5.74, 6) is 0.327. The monoisotopic (exact) mass is 230 g/mol. The van der Waals surface area contributed by atoms with E-state index in [1.165, 1.54) is 5.39 Å². The van der Waals surface area contributed by atoms with Crippen LogP contribution < -0.4 is 0 Å². The molecule has 0 radical (unpaired) electrons. The number of rotatable bonds is 3. The van der Waals surface area contributed by atoms with E-state index in [1.54, 1.807) is 0 Å². The molecule has 1 heterocycles. The highest BCUT2D eigenvalue weighted by Crippen LogP contribution is 2.22. The first-order valence-electron chi connectivity index (χ1n) is 5.88. The molecule has 0 amide bonds. The standard InChI is InChI=1S/C14H18N2O/c1-9(2)17-14(15)8-12-10(3)16-13-7-5-4-6-11(12)13/h4-7,9,15-16H,8H2,1-3H3. The van der Waals surface area contributed by atoms with Gasteiger partial charge in [-0.15, -0.1) is 0 Å². The normalized spacial score (nSPS) is 11.1. The number of para-hydroxylation sites is 1. The van der Waals surface area contributed by atoms with Crippen molar-refractivity contribution < 1.29 is 4.74 Å². The van der Waals surface area contributed by atoms with Crippen LogP contribution in [-0.2, 0) is 11.2 Å². The first-order valence-corrected chi connectivity index (χ1v) is 5.88. The van der Waals surface area contributed by atoms with E-state index in [-0.39, 0.29) is 6.10 Å². The lowest BCUT2D eigenvalue weighted by atomic mass is 10.1. The number of aromatic nitrogens is 1. The molecule has 0 saturated carbocycles. The predicted octanol–water partition coefficient (Wildman–Crippen LogP) is 3.42. The first-order chi connectivity index (χ1) is 8.08. The highest BCUT2D eigenvalue weighted by Gasteiger charge is 2.11. The molecule has 0 fully saturated rings. The number of ether oxygens (including phenoxy) is 1. The first kappa shape index (κ1) is 11.7. The summed E-state index contributed by atoms with van der Waals surface area (Å²) in [6.45, 7) is 5.92. The van der Waals surface area contributed by atoms with Crippen LogP contribution in [0.15, 0.2) is 24.3 Å². The van der Waals surface area contributed by atoms with E-state index < -0.39 is 0 Å². The lowest BCUT2D eigenvalue weighted by molar-refractivity contribution is 0.221. The second-order valence-electron chi connectivity index (χ2n) is 4.54. The van der Waals surface area contributed by atoms with Gasteiger partial charge in [0.1, 0.15) is 0 Å². The largest absolute Gasteiger partial charge is 0.478 e. The number of nitrogens with one attached hydrogen (secondary N) is 2. The maximum Gasteiger partial charge on any atom is 0.185 e. The Morgan fingerprint density at radius 1 is 1.35 bits per heavy atom. The van der Waals surface area contributed by atoms with Gasteiger partial charge in [-0.1, -0.05) is 18.2 Å². The second-order valence-corrected chi connectivity index (χ2v) is 4.54. The second kappa shape index (κ2) is 4.62. The minimum absolute atomic E-state index is 0.0630. The summed E-state index contributed by atoms with van der Waals surface area (Å²) in [5.41, 5.74) is 3.40. The molecule has 0 atom stereocenters. The van der Waals surface area contributed by atoms with Crippen LogP contribution in [0.25, 0.3) is 10.9 Å². The highest BCUT2D eigenvalue weighted by atomic mass is 16.5. The summed E-state index contributed by atoms with van der Waals surface area (Å²) in [5, 5.41) is 9.01. The molecule has 0 saturated heterocycles. The maximum absolute atomic E-state index is 7.83. The zero-order valence-electron chi connectivity index (χ0n) is 10.5. The van der Waals surface area contributed by atoms with Gasteiger partial charge < -0.3 is 9.72 Å². The molecule has 0 aliphatic heterocycles. The molecule has 1 aromatic heterocycles. The van der Waals surface area contributed by atoms with E-state index >= 15 is 0 Å². The maximum atomic E-state index is 7.83. The Morgan fingerprint density at radius 3 is 2.76 bits per heavy atom. The van der Waals surface area contributed by atoms with E-state index in [0.29, 0.717) is 12.3 Å². The summed E-state index contributed by atoms with van der Waals surface area (Å²) < 4.78 is 5.40. The highest BCUT2D eigenvalue weighted by molar-refractivity contribution is 5.89. The van der Waals surface area contributed by atoms with E-state index in [0.717, 1.165) is 16.8 Å². The van der Waals surface area contributed by atoms with Crippen LogP contribution in [0.2, 0.25) is 0 Å². The average Bonchev–Trinajstić information content (AvgIpc) is 2.55. The fraction of sp³-hybridized carbons (Fsp3) is 0.357. The predicted molar refractivity (Wildman–Crippen MR) is 70.7 cm³/mol. The van der Waals surface area contributed by atoms with Crippen LogP contribution in [0.4, 0.5) is 0 Å². The Balaban J connectivity index is 2.29. The van der Waals surface area contributed by atoms with Crippen molar-refractivity contribution in [3.63, 3.8) is 0 Å². The van der Waals surface area contributed by atoms with E-state index in [2.05, 4.69) is 17.1 Å². The number of fused-ring (bicyclic) bond motifs is 1. The van der Waals surface area contributed by atoms with Crippen LogP contribution in [0.1, 0.15) is 25.1 Å². The fourth-order valence-electron chi connectivity index (χ4n) is 2.05. The van der Waals surface area contributed by atoms with Crippen molar-refractivity contribution in [1.29, 1.82) is 5.41 Å². The van der Waals surface area contributed by atoms with Gasteiger partial charge in [0.2, 0.25) is 0 Å². The third kappa shape index (κ3) is 2.49. The van der Waals surface area contributed by atoms with Crippen LogP contribution in [0.3, 0.4) is 0 Å². The zero-order valence-corrected chi connectivity index (χ0v) is 10.5. The van der Waals surface area contributed by atoms with E-state index in [9.17, 15) is 0 Å². The average molecular weight is 230 g/mol. The molecular formula is C14H18N2O. The Hall–Kier alpha value is -1.77. The van der Waals surface area contributed by atoms with Gasteiger partial charge in [-0.3, -0.25) is 5.41 Å². The number of hydrogen-bond acceptors (Lipinski definition) is 2. The number of aryl methyl sites for hydroxylation is 1. The molecule has 3 nitrogen and oxygen atoms in total. The molecule has 0 aliphatic rings. The summed E-state index contributed by atoms with van der Waals surface area (Å²) in [4.78, 5) is 3.33. The molecule has 0 bridgehead atoms. The van der Waals surface area contributed by atoms with Crippen molar-refractivity contribution in [2.24, 2.45) is 0 Å². The quantitative estimate of drug-likeness (QED) is 0.616. The molecule has 90 valence electrons. The Kier molecular flexibility index (Phi) is 3.18. The molecule has 1 aromatic carbocycles. The van der Waals surface area contributed by atoms with Gasteiger partial charge in [-0.25, -0.2) is 0 Å². The van der Waals surface area contributed by atoms with Crippen LogP contribution in [0.5, 0.6) is 0 Å². The molecule has 0 unspecified atom stereocenters. The van der Waals surface area contributed by atoms with Gasteiger partial charge in [0.15, 0.2) is 5.90 Å². The summed E-state index contributed by atoms with van der Waals surface area (Å²) in [7, 11) is 0. The van der Waals surface area contributed by atoms with Crippen LogP contribution in [-0.4, -0.2) is 17.0 Å². The van der Waals surface area contributed by atoms with Crippen LogP contribution in [0, 0.1) is 12.3 Å². The molecular weight excluding hydrogens is 212 g/mol. The van der Waals surface area contributed by atoms with Gasteiger partial charge in [-0.2, -0.15) is 0 Å². The van der Waals surface area contributed by atoms with Gasteiger partial charge in [0.05, 0.1) is 12.5 Å². The van der Waals surface area contributed by atoms with Gasteiger partial charge >= 0.3 is 0 Å². The minimum Gasteiger partial charge on any atom is -0.478 e. The minimum atomic E-state index is 0.0630. The number of H-pyrrole nitrogens is 1. The van der Waals surface area contributed by atoms with Crippen molar-refractivity contribution >= 4 is 16.8 Å². The molecule has 3 heteroatoms. The Morgan fingerprint density at radius 2 is 2.06 bits per heavy atom. The number of benzene rings is 1. The van der Waals surface area contributed by atoms with Crippen molar-refractivity contribution in [2.75, 3.05) is 0 Å². The molecule has 2 rings (SSSR count). The molecule has 2 N–H and O–H groups in total. The third-order valence-corrected chi connectivity index (χ3v) is 2.74. The van der Waals surface area contributed by atoms with Gasteiger partial charge in [-0.05, 0) is 32.4 Å². The van der Waals surface area contributed by atoms with Crippen molar-refractivity contribution in [3.8, 4) is 0 Å². The number of hydrogen-bond donors (Lipinski definition) is 2. The van der Waals surface area contributed by atoms with Crippen molar-refractivity contribution in [2.45, 2.75) is 33.3 Å². The Labute approximate surface area is 101 Å². The molecule has 0 spiro atoms. The topological polar surface area (TPSA) is 48.9 Å². The summed E-state index contributed by atoms with van der Waals surface area (Å²) in [6.07, 6.45) is 0.613. The van der Waals surface area contributed by atoms with Crippen LogP contribution >= 0.6 is 0 Å².